The Labute approximate surface area is 163 Å². The summed E-state index contributed by atoms with van der Waals surface area (Å²) in [6, 6.07) is 7.78. The molecule has 1 fully saturated rings. The van der Waals surface area contributed by atoms with Gasteiger partial charge < -0.3 is 15.2 Å². The molecule has 2 aromatic rings. The normalized spacial score (nSPS) is 15.8. The SMILES string of the molecule is N#Cc1cnc(Nc2ccc(S(N)(=O)=O)cc2)nc1OCC1(CO)CCCC1. The van der Waals surface area contributed by atoms with E-state index in [9.17, 15) is 18.8 Å². The number of nitrogens with one attached hydrogen (secondary N) is 1. The number of rotatable bonds is 7. The maximum absolute atomic E-state index is 11.3. The number of sulfonamides is 1. The Hall–Kier alpha value is -2.74. The van der Waals surface area contributed by atoms with Crippen LogP contribution in [-0.2, 0) is 10.0 Å². The Balaban J connectivity index is 1.76. The van der Waals surface area contributed by atoms with Crippen LogP contribution in [-0.4, -0.2) is 36.7 Å². The van der Waals surface area contributed by atoms with Crippen LogP contribution in [0.3, 0.4) is 0 Å². The van der Waals surface area contributed by atoms with Gasteiger partial charge in [-0.15, -0.1) is 0 Å². The van der Waals surface area contributed by atoms with Crippen LogP contribution in [0.5, 0.6) is 5.88 Å². The lowest BCUT2D eigenvalue weighted by Crippen LogP contribution is -2.29. The molecule has 0 atom stereocenters. The molecule has 0 unspecified atom stereocenters. The van der Waals surface area contributed by atoms with Crippen LogP contribution in [0, 0.1) is 16.7 Å². The molecular formula is C18H21N5O4S. The van der Waals surface area contributed by atoms with Crippen LogP contribution in [0.4, 0.5) is 11.6 Å². The first-order valence-electron chi connectivity index (χ1n) is 8.76. The molecule has 0 saturated heterocycles. The van der Waals surface area contributed by atoms with Crippen molar-refractivity contribution in [1.29, 1.82) is 5.26 Å². The predicted octanol–water partition coefficient (Wildman–Crippen LogP) is 1.67. The average Bonchev–Trinajstić information content (AvgIpc) is 3.16. The molecule has 1 aliphatic rings. The largest absolute Gasteiger partial charge is 0.476 e. The second kappa shape index (κ2) is 8.10. The van der Waals surface area contributed by atoms with Gasteiger partial charge in [-0.2, -0.15) is 10.2 Å². The minimum Gasteiger partial charge on any atom is -0.476 e. The van der Waals surface area contributed by atoms with Crippen molar-refractivity contribution < 1.29 is 18.3 Å². The van der Waals surface area contributed by atoms with Gasteiger partial charge in [0.25, 0.3) is 0 Å². The van der Waals surface area contributed by atoms with Gasteiger partial charge in [0.05, 0.1) is 24.3 Å². The van der Waals surface area contributed by atoms with Gasteiger partial charge in [0.2, 0.25) is 21.9 Å². The number of hydrogen-bond acceptors (Lipinski definition) is 8. The number of aromatic nitrogens is 2. The van der Waals surface area contributed by atoms with E-state index in [1.54, 1.807) is 0 Å². The van der Waals surface area contributed by atoms with Gasteiger partial charge in [-0.1, -0.05) is 12.8 Å². The molecule has 0 spiro atoms. The summed E-state index contributed by atoms with van der Waals surface area (Å²) in [5, 5.41) is 27.0. The van der Waals surface area contributed by atoms with E-state index in [1.165, 1.54) is 30.5 Å². The number of aliphatic hydroxyl groups is 1. The Morgan fingerprint density at radius 3 is 2.54 bits per heavy atom. The predicted molar refractivity (Wildman–Crippen MR) is 101 cm³/mol. The molecule has 0 bridgehead atoms. The zero-order valence-electron chi connectivity index (χ0n) is 15.1. The zero-order chi connectivity index (χ0) is 20.2. The monoisotopic (exact) mass is 403 g/mol. The fourth-order valence-electron chi connectivity index (χ4n) is 3.16. The first-order chi connectivity index (χ1) is 13.3. The van der Waals surface area contributed by atoms with E-state index < -0.39 is 10.0 Å². The number of benzene rings is 1. The number of anilines is 2. The molecular weight excluding hydrogens is 382 g/mol. The lowest BCUT2D eigenvalue weighted by molar-refractivity contribution is 0.0696. The van der Waals surface area contributed by atoms with Gasteiger partial charge in [-0.25, -0.2) is 18.5 Å². The second-order valence-electron chi connectivity index (χ2n) is 6.87. The van der Waals surface area contributed by atoms with Crippen molar-refractivity contribution in [3.63, 3.8) is 0 Å². The van der Waals surface area contributed by atoms with Crippen LogP contribution in [0.15, 0.2) is 35.4 Å². The highest BCUT2D eigenvalue weighted by Gasteiger charge is 2.34. The van der Waals surface area contributed by atoms with Crippen molar-refractivity contribution in [3.8, 4) is 11.9 Å². The van der Waals surface area contributed by atoms with E-state index in [0.29, 0.717) is 5.69 Å². The molecule has 3 rings (SSSR count). The molecule has 148 valence electrons. The third-order valence-corrected chi connectivity index (χ3v) is 5.76. The Bertz CT molecular complexity index is 980. The van der Waals surface area contributed by atoms with Crippen molar-refractivity contribution in [2.24, 2.45) is 10.6 Å². The summed E-state index contributed by atoms with van der Waals surface area (Å²) in [6.07, 6.45) is 5.18. The molecule has 0 amide bonds. The number of nitrogens with two attached hydrogens (primary N) is 1. The minimum atomic E-state index is -3.77. The molecule has 9 nitrogen and oxygen atoms in total. The molecule has 1 aromatic carbocycles. The van der Waals surface area contributed by atoms with Gasteiger partial charge in [0, 0.05) is 11.1 Å². The fraction of sp³-hybridized carbons (Fsp3) is 0.389. The van der Waals surface area contributed by atoms with Gasteiger partial charge in [0.15, 0.2) is 0 Å². The highest BCUT2D eigenvalue weighted by atomic mass is 32.2. The van der Waals surface area contributed by atoms with E-state index in [0.717, 1.165) is 25.7 Å². The van der Waals surface area contributed by atoms with Crippen LogP contribution >= 0.6 is 0 Å². The summed E-state index contributed by atoms with van der Waals surface area (Å²) in [6.45, 7) is 0.305. The maximum Gasteiger partial charge on any atom is 0.238 e. The third kappa shape index (κ3) is 4.56. The molecule has 1 saturated carbocycles. The lowest BCUT2D eigenvalue weighted by Gasteiger charge is -2.26. The standard InChI is InChI=1S/C18H21N5O4S/c19-9-13-10-21-17(22-14-3-5-15(6-4-14)28(20,25)26)23-16(13)27-12-18(11-24)7-1-2-8-18/h3-6,10,24H,1-2,7-8,11-12H2,(H2,20,25,26)(H,21,22,23). The number of aliphatic hydroxyl groups excluding tert-OH is 1. The molecule has 0 aliphatic heterocycles. The van der Waals surface area contributed by atoms with Gasteiger partial charge in [-0.3, -0.25) is 0 Å². The van der Waals surface area contributed by atoms with Crippen molar-refractivity contribution in [3.05, 3.63) is 36.0 Å². The quantitative estimate of drug-likeness (QED) is 0.631. The van der Waals surface area contributed by atoms with Crippen molar-refractivity contribution in [1.82, 2.24) is 9.97 Å². The lowest BCUT2D eigenvalue weighted by atomic mass is 9.88. The summed E-state index contributed by atoms with van der Waals surface area (Å²) in [4.78, 5) is 8.32. The van der Waals surface area contributed by atoms with Gasteiger partial charge >= 0.3 is 0 Å². The van der Waals surface area contributed by atoms with Gasteiger partial charge in [0.1, 0.15) is 11.6 Å². The molecule has 4 N–H and O–H groups in total. The van der Waals surface area contributed by atoms with E-state index in [2.05, 4.69) is 15.3 Å². The number of ether oxygens (including phenoxy) is 1. The van der Waals surface area contributed by atoms with Crippen LogP contribution < -0.4 is 15.2 Å². The third-order valence-electron chi connectivity index (χ3n) is 4.83. The highest BCUT2D eigenvalue weighted by Crippen LogP contribution is 2.38. The summed E-state index contributed by atoms with van der Waals surface area (Å²) < 4.78 is 28.4. The van der Waals surface area contributed by atoms with Crippen LogP contribution in [0.2, 0.25) is 0 Å². The average molecular weight is 403 g/mol. The molecule has 1 aliphatic carbocycles. The Kier molecular flexibility index (Phi) is 5.79. The molecule has 10 heteroatoms. The number of hydrogen-bond donors (Lipinski definition) is 3. The van der Waals surface area contributed by atoms with Crippen LogP contribution in [0.25, 0.3) is 0 Å². The maximum atomic E-state index is 11.3. The van der Waals surface area contributed by atoms with Gasteiger partial charge in [-0.05, 0) is 37.1 Å². The number of nitriles is 1. The van der Waals surface area contributed by atoms with Crippen LogP contribution in [0.1, 0.15) is 31.2 Å². The molecule has 1 heterocycles. The van der Waals surface area contributed by atoms with Crippen molar-refractivity contribution in [2.75, 3.05) is 18.5 Å². The second-order valence-corrected chi connectivity index (χ2v) is 8.43. The summed E-state index contributed by atoms with van der Waals surface area (Å²) in [5.74, 6) is 0.336. The van der Waals surface area contributed by atoms with Crippen molar-refractivity contribution in [2.45, 2.75) is 30.6 Å². The topological polar surface area (TPSA) is 151 Å². The first-order valence-corrected chi connectivity index (χ1v) is 10.3. The molecule has 0 radical (unpaired) electrons. The first kappa shape index (κ1) is 20.0. The van der Waals surface area contributed by atoms with E-state index in [-0.39, 0.29) is 40.9 Å². The molecule has 28 heavy (non-hydrogen) atoms. The Morgan fingerprint density at radius 1 is 1.29 bits per heavy atom. The zero-order valence-corrected chi connectivity index (χ0v) is 15.9. The highest BCUT2D eigenvalue weighted by molar-refractivity contribution is 7.89. The van der Waals surface area contributed by atoms with E-state index >= 15 is 0 Å². The Morgan fingerprint density at radius 2 is 1.96 bits per heavy atom. The summed E-state index contributed by atoms with van der Waals surface area (Å²) in [7, 11) is -3.77. The minimum absolute atomic E-state index is 0.00585. The summed E-state index contributed by atoms with van der Waals surface area (Å²) >= 11 is 0. The number of nitrogens with zero attached hydrogens (tertiary/aromatic N) is 3. The van der Waals surface area contributed by atoms with E-state index in [1.807, 2.05) is 6.07 Å². The van der Waals surface area contributed by atoms with E-state index in [4.69, 9.17) is 9.88 Å². The smallest absolute Gasteiger partial charge is 0.238 e. The van der Waals surface area contributed by atoms with Crippen molar-refractivity contribution >= 4 is 21.7 Å². The fourth-order valence-corrected chi connectivity index (χ4v) is 3.68. The number of primary sulfonamides is 1. The summed E-state index contributed by atoms with van der Waals surface area (Å²) in [5.41, 5.74) is 0.446. The molecule has 1 aromatic heterocycles.